The molecule has 5 nitrogen and oxygen atoms in total. The lowest BCUT2D eigenvalue weighted by Gasteiger charge is -2.18. The highest BCUT2D eigenvalue weighted by molar-refractivity contribution is 5.79. The number of carbonyl (C=O) groups excluding carboxylic acids is 1. The molecule has 2 N–H and O–H groups in total. The number of nitrogens with two attached hydrogens (primary N) is 1. The van der Waals surface area contributed by atoms with Crippen molar-refractivity contribution < 1.29 is 4.79 Å². The number of aromatic nitrogens is 2. The molecule has 5 heteroatoms. The van der Waals surface area contributed by atoms with Crippen molar-refractivity contribution in [2.75, 3.05) is 18.8 Å². The van der Waals surface area contributed by atoms with Crippen LogP contribution in [0.3, 0.4) is 0 Å². The van der Waals surface area contributed by atoms with Crippen LogP contribution in [0.25, 0.3) is 11.0 Å². The molecule has 1 amide bonds. The van der Waals surface area contributed by atoms with E-state index in [-0.39, 0.29) is 5.91 Å². The Morgan fingerprint density at radius 1 is 1.32 bits per heavy atom. The number of hydrogen-bond donors (Lipinski definition) is 1. The minimum atomic E-state index is 0.155. The quantitative estimate of drug-likeness (QED) is 0.892. The summed E-state index contributed by atoms with van der Waals surface area (Å²) in [5, 5.41) is 0. The van der Waals surface area contributed by atoms with Crippen LogP contribution in [0.4, 0.5) is 5.95 Å². The maximum Gasteiger partial charge on any atom is 0.224 e. The van der Waals surface area contributed by atoms with E-state index in [1.165, 1.54) is 0 Å². The Morgan fingerprint density at radius 3 is 2.68 bits per heavy atom. The molecule has 2 rings (SSSR count). The van der Waals surface area contributed by atoms with Gasteiger partial charge in [0.2, 0.25) is 11.9 Å². The van der Waals surface area contributed by atoms with Crippen LogP contribution in [0.15, 0.2) is 24.3 Å². The Bertz CT molecular complexity index is 572. The lowest BCUT2D eigenvalue weighted by Crippen LogP contribution is -2.31. The van der Waals surface area contributed by atoms with Crippen LogP contribution in [0.2, 0.25) is 0 Å². The molecular weight excluding hydrogens is 240 g/mol. The van der Waals surface area contributed by atoms with Crippen molar-refractivity contribution in [1.29, 1.82) is 0 Å². The number of para-hydroxylation sites is 2. The summed E-state index contributed by atoms with van der Waals surface area (Å²) in [4.78, 5) is 18.1. The van der Waals surface area contributed by atoms with Crippen molar-refractivity contribution >= 4 is 22.9 Å². The molecule has 1 aromatic heterocycles. The predicted molar refractivity (Wildman–Crippen MR) is 76.7 cm³/mol. The summed E-state index contributed by atoms with van der Waals surface area (Å²) >= 11 is 0. The van der Waals surface area contributed by atoms with Gasteiger partial charge >= 0.3 is 0 Å². The average Bonchev–Trinajstić information content (AvgIpc) is 2.73. The molecule has 0 saturated heterocycles. The first-order chi connectivity index (χ1) is 9.17. The molecule has 0 atom stereocenters. The maximum atomic E-state index is 12.0. The van der Waals surface area contributed by atoms with Crippen molar-refractivity contribution in [3.05, 3.63) is 24.3 Å². The minimum absolute atomic E-state index is 0.155. The third kappa shape index (κ3) is 2.70. The number of imidazole rings is 1. The van der Waals surface area contributed by atoms with E-state index in [2.05, 4.69) is 4.98 Å². The van der Waals surface area contributed by atoms with Gasteiger partial charge in [0.05, 0.1) is 11.0 Å². The maximum absolute atomic E-state index is 12.0. The van der Waals surface area contributed by atoms with Crippen LogP contribution in [0.5, 0.6) is 0 Å². The molecule has 0 spiro atoms. The lowest BCUT2D eigenvalue weighted by molar-refractivity contribution is -0.131. The number of fused-ring (bicyclic) bond motifs is 1. The van der Waals surface area contributed by atoms with Gasteiger partial charge in [-0.25, -0.2) is 4.98 Å². The standard InChI is InChI=1S/C14H20N4O/c1-3-17(4-2)13(19)9-10-18-12-8-6-5-7-11(12)16-14(18)15/h5-8H,3-4,9-10H2,1-2H3,(H2,15,16). The molecule has 0 aliphatic heterocycles. The third-order valence-electron chi connectivity index (χ3n) is 3.35. The van der Waals surface area contributed by atoms with E-state index in [9.17, 15) is 4.79 Å². The number of nitrogens with zero attached hydrogens (tertiary/aromatic N) is 3. The van der Waals surface area contributed by atoms with Crippen LogP contribution >= 0.6 is 0 Å². The molecule has 0 radical (unpaired) electrons. The molecule has 0 unspecified atom stereocenters. The average molecular weight is 260 g/mol. The Labute approximate surface area is 113 Å². The zero-order valence-corrected chi connectivity index (χ0v) is 11.5. The van der Waals surface area contributed by atoms with Gasteiger partial charge in [0.1, 0.15) is 0 Å². The number of benzene rings is 1. The minimum Gasteiger partial charge on any atom is -0.369 e. The zero-order chi connectivity index (χ0) is 13.8. The molecule has 19 heavy (non-hydrogen) atoms. The Morgan fingerprint density at radius 2 is 2.00 bits per heavy atom. The van der Waals surface area contributed by atoms with E-state index in [4.69, 9.17) is 5.73 Å². The van der Waals surface area contributed by atoms with Crippen LogP contribution in [-0.4, -0.2) is 33.4 Å². The second-order valence-electron chi connectivity index (χ2n) is 4.43. The van der Waals surface area contributed by atoms with Crippen LogP contribution in [0, 0.1) is 0 Å². The summed E-state index contributed by atoms with van der Waals surface area (Å²) in [5.41, 5.74) is 7.76. The Balaban J connectivity index is 2.14. The van der Waals surface area contributed by atoms with Crippen molar-refractivity contribution in [2.24, 2.45) is 0 Å². The Hall–Kier alpha value is -2.04. The molecule has 102 valence electrons. The smallest absolute Gasteiger partial charge is 0.224 e. The van der Waals surface area contributed by atoms with Crippen molar-refractivity contribution in [2.45, 2.75) is 26.8 Å². The van der Waals surface area contributed by atoms with E-state index < -0.39 is 0 Å². The Kier molecular flexibility index (Phi) is 4.04. The fraction of sp³-hybridized carbons (Fsp3) is 0.429. The molecule has 2 aromatic rings. The van der Waals surface area contributed by atoms with Crippen LogP contribution in [-0.2, 0) is 11.3 Å². The SMILES string of the molecule is CCN(CC)C(=O)CCn1c(N)nc2ccccc21. The molecule has 0 bridgehead atoms. The monoisotopic (exact) mass is 260 g/mol. The molecule has 0 fully saturated rings. The van der Waals surface area contributed by atoms with Gasteiger partial charge in [-0.05, 0) is 26.0 Å². The van der Waals surface area contributed by atoms with E-state index in [1.807, 2.05) is 47.6 Å². The van der Waals surface area contributed by atoms with Gasteiger partial charge in [-0.2, -0.15) is 0 Å². The number of amides is 1. The largest absolute Gasteiger partial charge is 0.369 e. The van der Waals surface area contributed by atoms with Gasteiger partial charge in [0.25, 0.3) is 0 Å². The first-order valence-corrected chi connectivity index (χ1v) is 6.65. The van der Waals surface area contributed by atoms with Crippen molar-refractivity contribution in [3.8, 4) is 0 Å². The van der Waals surface area contributed by atoms with Gasteiger partial charge in [-0.1, -0.05) is 12.1 Å². The second kappa shape index (κ2) is 5.73. The number of hydrogen-bond acceptors (Lipinski definition) is 3. The normalized spacial score (nSPS) is 10.8. The highest BCUT2D eigenvalue weighted by atomic mass is 16.2. The van der Waals surface area contributed by atoms with Gasteiger partial charge in [-0.3, -0.25) is 4.79 Å². The van der Waals surface area contributed by atoms with E-state index in [0.717, 1.165) is 24.1 Å². The fourth-order valence-electron chi connectivity index (χ4n) is 2.27. The summed E-state index contributed by atoms with van der Waals surface area (Å²) in [5.74, 6) is 0.621. The molecular formula is C14H20N4O. The molecule has 0 aliphatic rings. The molecule has 1 aromatic carbocycles. The van der Waals surface area contributed by atoms with E-state index >= 15 is 0 Å². The van der Waals surface area contributed by atoms with Crippen LogP contribution < -0.4 is 5.73 Å². The van der Waals surface area contributed by atoms with Gasteiger partial charge in [0, 0.05) is 26.1 Å². The number of carbonyl (C=O) groups is 1. The first kappa shape index (κ1) is 13.4. The number of aryl methyl sites for hydroxylation is 1. The van der Waals surface area contributed by atoms with Crippen molar-refractivity contribution in [1.82, 2.24) is 14.5 Å². The summed E-state index contributed by atoms with van der Waals surface area (Å²) in [6, 6.07) is 7.78. The number of anilines is 1. The highest BCUT2D eigenvalue weighted by Crippen LogP contribution is 2.17. The number of nitrogen functional groups attached to an aromatic ring is 1. The second-order valence-corrected chi connectivity index (χ2v) is 4.43. The number of rotatable bonds is 5. The van der Waals surface area contributed by atoms with Crippen molar-refractivity contribution in [3.63, 3.8) is 0 Å². The molecule has 0 saturated carbocycles. The summed E-state index contributed by atoms with van der Waals surface area (Å²) in [6.45, 7) is 6.04. The van der Waals surface area contributed by atoms with Gasteiger partial charge in [0.15, 0.2) is 0 Å². The third-order valence-corrected chi connectivity index (χ3v) is 3.35. The summed E-state index contributed by atoms with van der Waals surface area (Å²) in [6.07, 6.45) is 0.451. The lowest BCUT2D eigenvalue weighted by atomic mass is 10.3. The fourth-order valence-corrected chi connectivity index (χ4v) is 2.27. The first-order valence-electron chi connectivity index (χ1n) is 6.65. The summed E-state index contributed by atoms with van der Waals surface area (Å²) in [7, 11) is 0. The molecule has 0 aliphatic carbocycles. The van der Waals surface area contributed by atoms with Gasteiger partial charge < -0.3 is 15.2 Å². The predicted octanol–water partition coefficient (Wildman–Crippen LogP) is 1.88. The van der Waals surface area contributed by atoms with E-state index in [0.29, 0.717) is 18.9 Å². The van der Waals surface area contributed by atoms with Gasteiger partial charge in [-0.15, -0.1) is 0 Å². The van der Waals surface area contributed by atoms with Crippen LogP contribution in [0.1, 0.15) is 20.3 Å². The molecule has 1 heterocycles. The summed E-state index contributed by atoms with van der Waals surface area (Å²) < 4.78 is 1.90. The van der Waals surface area contributed by atoms with E-state index in [1.54, 1.807) is 0 Å². The highest BCUT2D eigenvalue weighted by Gasteiger charge is 2.12. The zero-order valence-electron chi connectivity index (χ0n) is 11.5. The topological polar surface area (TPSA) is 64.2 Å².